The van der Waals surface area contributed by atoms with E-state index >= 15 is 0 Å². The number of nitrogens with zero attached hydrogens (tertiary/aromatic N) is 1. The Morgan fingerprint density at radius 2 is 2.11 bits per heavy atom. The molecule has 1 N–H and O–H groups in total. The molecular formula is C11H8ClF3N2S. The minimum atomic E-state index is -4.32. The molecule has 0 aliphatic rings. The molecule has 0 aliphatic heterocycles. The molecule has 1 heterocycles. The van der Waals surface area contributed by atoms with Gasteiger partial charge in [-0.1, -0.05) is 23.7 Å². The summed E-state index contributed by atoms with van der Waals surface area (Å²) in [6.07, 6.45) is -4.32. The number of benzene rings is 1. The largest absolute Gasteiger partial charge is 0.416 e. The Hall–Kier alpha value is -1.27. The highest BCUT2D eigenvalue weighted by Crippen LogP contribution is 2.29. The van der Waals surface area contributed by atoms with Crippen molar-refractivity contribution in [1.82, 2.24) is 4.98 Å². The van der Waals surface area contributed by atoms with Crippen LogP contribution in [0.1, 0.15) is 11.1 Å². The van der Waals surface area contributed by atoms with Crippen LogP contribution >= 0.6 is 22.9 Å². The second kappa shape index (κ2) is 5.16. The third kappa shape index (κ3) is 3.36. The molecular weight excluding hydrogens is 285 g/mol. The van der Waals surface area contributed by atoms with Crippen molar-refractivity contribution in [3.05, 3.63) is 45.9 Å². The van der Waals surface area contributed by atoms with E-state index in [0.29, 0.717) is 15.8 Å². The van der Waals surface area contributed by atoms with Crippen molar-refractivity contribution in [1.29, 1.82) is 0 Å². The van der Waals surface area contributed by atoms with Crippen molar-refractivity contribution in [2.45, 2.75) is 12.7 Å². The summed E-state index contributed by atoms with van der Waals surface area (Å²) in [5.74, 6) is 0. The van der Waals surface area contributed by atoms with Gasteiger partial charge in [0.15, 0.2) is 5.13 Å². The van der Waals surface area contributed by atoms with Crippen molar-refractivity contribution in [3.8, 4) is 0 Å². The normalized spacial score (nSPS) is 11.6. The summed E-state index contributed by atoms with van der Waals surface area (Å²) in [4.78, 5) is 3.95. The van der Waals surface area contributed by atoms with E-state index in [0.717, 1.165) is 12.1 Å². The van der Waals surface area contributed by atoms with Gasteiger partial charge in [-0.3, -0.25) is 0 Å². The standard InChI is InChI=1S/C11H8ClF3N2S/c12-9-6-18-10(17-9)16-5-7-2-1-3-8(4-7)11(13,14)15/h1-4,6H,5H2,(H,16,17). The van der Waals surface area contributed by atoms with Gasteiger partial charge in [0.25, 0.3) is 0 Å². The number of hydrogen-bond acceptors (Lipinski definition) is 3. The number of anilines is 1. The number of alkyl halides is 3. The van der Waals surface area contributed by atoms with Crippen LogP contribution in [-0.4, -0.2) is 4.98 Å². The van der Waals surface area contributed by atoms with Crippen LogP contribution in [0, 0.1) is 0 Å². The van der Waals surface area contributed by atoms with Gasteiger partial charge in [0.05, 0.1) is 5.56 Å². The van der Waals surface area contributed by atoms with Crippen molar-refractivity contribution < 1.29 is 13.2 Å². The molecule has 0 saturated heterocycles. The van der Waals surface area contributed by atoms with E-state index in [-0.39, 0.29) is 6.54 Å². The van der Waals surface area contributed by atoms with Gasteiger partial charge in [0, 0.05) is 11.9 Å². The molecule has 0 saturated carbocycles. The summed E-state index contributed by atoms with van der Waals surface area (Å²) in [7, 11) is 0. The Kier molecular flexibility index (Phi) is 3.77. The summed E-state index contributed by atoms with van der Waals surface area (Å²) >= 11 is 6.94. The fraction of sp³-hybridized carbons (Fsp3) is 0.182. The SMILES string of the molecule is FC(F)(F)c1cccc(CNc2nc(Cl)cs2)c1. The van der Waals surface area contributed by atoms with Gasteiger partial charge in [-0.2, -0.15) is 13.2 Å². The zero-order chi connectivity index (χ0) is 13.2. The highest BCUT2D eigenvalue weighted by Gasteiger charge is 2.30. The fourth-order valence-corrected chi connectivity index (χ4v) is 2.21. The third-order valence-corrected chi connectivity index (χ3v) is 3.30. The first-order valence-electron chi connectivity index (χ1n) is 4.96. The number of halogens is 4. The van der Waals surface area contributed by atoms with E-state index in [4.69, 9.17) is 11.6 Å². The van der Waals surface area contributed by atoms with Crippen molar-refractivity contribution in [3.63, 3.8) is 0 Å². The molecule has 0 aliphatic carbocycles. The molecule has 0 spiro atoms. The summed E-state index contributed by atoms with van der Waals surface area (Å²) < 4.78 is 37.5. The quantitative estimate of drug-likeness (QED) is 0.905. The number of hydrogen-bond donors (Lipinski definition) is 1. The first-order chi connectivity index (χ1) is 8.45. The lowest BCUT2D eigenvalue weighted by Gasteiger charge is -2.08. The number of thiazole rings is 1. The topological polar surface area (TPSA) is 24.9 Å². The molecule has 0 radical (unpaired) electrons. The first-order valence-corrected chi connectivity index (χ1v) is 6.22. The van der Waals surface area contributed by atoms with Gasteiger partial charge >= 0.3 is 6.18 Å². The summed E-state index contributed by atoms with van der Waals surface area (Å²) in [6, 6.07) is 5.16. The number of rotatable bonds is 3. The van der Waals surface area contributed by atoms with Gasteiger partial charge in [-0.15, -0.1) is 11.3 Å². The maximum absolute atomic E-state index is 12.5. The third-order valence-electron chi connectivity index (χ3n) is 2.17. The molecule has 0 bridgehead atoms. The zero-order valence-corrected chi connectivity index (χ0v) is 10.5. The minimum absolute atomic E-state index is 0.272. The van der Waals surface area contributed by atoms with Crippen LogP contribution in [0.3, 0.4) is 0 Å². The zero-order valence-electron chi connectivity index (χ0n) is 8.96. The van der Waals surface area contributed by atoms with Crippen LogP contribution in [0.4, 0.5) is 18.3 Å². The molecule has 1 aromatic heterocycles. The average molecular weight is 293 g/mol. The van der Waals surface area contributed by atoms with E-state index in [2.05, 4.69) is 10.3 Å². The number of aromatic nitrogens is 1. The predicted octanol–water partition coefficient (Wildman–Crippen LogP) is 4.43. The Balaban J connectivity index is 2.06. The molecule has 96 valence electrons. The predicted molar refractivity (Wildman–Crippen MR) is 65.9 cm³/mol. The molecule has 1 aromatic carbocycles. The lowest BCUT2D eigenvalue weighted by molar-refractivity contribution is -0.137. The highest BCUT2D eigenvalue weighted by molar-refractivity contribution is 7.14. The molecule has 0 unspecified atom stereocenters. The van der Waals surface area contributed by atoms with E-state index in [9.17, 15) is 13.2 Å². The average Bonchev–Trinajstić information content (AvgIpc) is 2.72. The van der Waals surface area contributed by atoms with Crippen LogP contribution in [0.5, 0.6) is 0 Å². The Bertz CT molecular complexity index is 539. The maximum atomic E-state index is 12.5. The van der Waals surface area contributed by atoms with Gasteiger partial charge in [-0.25, -0.2) is 4.98 Å². The highest BCUT2D eigenvalue weighted by atomic mass is 35.5. The van der Waals surface area contributed by atoms with E-state index in [1.165, 1.54) is 17.4 Å². The molecule has 7 heteroatoms. The monoisotopic (exact) mass is 292 g/mol. The summed E-state index contributed by atoms with van der Waals surface area (Å²) in [5, 5.41) is 5.51. The van der Waals surface area contributed by atoms with E-state index in [1.807, 2.05) is 0 Å². The number of nitrogens with one attached hydrogen (secondary N) is 1. The van der Waals surface area contributed by atoms with Gasteiger partial charge in [0.2, 0.25) is 0 Å². The maximum Gasteiger partial charge on any atom is 0.416 e. The Morgan fingerprint density at radius 3 is 2.72 bits per heavy atom. The van der Waals surface area contributed by atoms with E-state index in [1.54, 1.807) is 11.4 Å². The second-order valence-electron chi connectivity index (χ2n) is 3.53. The summed E-state index contributed by atoms with van der Waals surface area (Å²) in [6.45, 7) is 0.272. The lowest BCUT2D eigenvalue weighted by atomic mass is 10.1. The van der Waals surface area contributed by atoms with Crippen LogP contribution in [0.15, 0.2) is 29.6 Å². The fourth-order valence-electron chi connectivity index (χ4n) is 1.37. The molecule has 0 atom stereocenters. The van der Waals surface area contributed by atoms with Crippen LogP contribution < -0.4 is 5.32 Å². The summed E-state index contributed by atoms with van der Waals surface area (Å²) in [5.41, 5.74) is -0.116. The van der Waals surface area contributed by atoms with Gasteiger partial charge < -0.3 is 5.32 Å². The smallest absolute Gasteiger partial charge is 0.357 e. The molecule has 2 nitrogen and oxygen atoms in total. The van der Waals surface area contributed by atoms with E-state index < -0.39 is 11.7 Å². The second-order valence-corrected chi connectivity index (χ2v) is 4.77. The van der Waals surface area contributed by atoms with Crippen LogP contribution in [-0.2, 0) is 12.7 Å². The van der Waals surface area contributed by atoms with Crippen LogP contribution in [0.2, 0.25) is 5.15 Å². The van der Waals surface area contributed by atoms with Crippen LogP contribution in [0.25, 0.3) is 0 Å². The Labute approximate surface area is 110 Å². The Morgan fingerprint density at radius 1 is 1.33 bits per heavy atom. The molecule has 0 amide bonds. The molecule has 2 rings (SSSR count). The van der Waals surface area contributed by atoms with Crippen molar-refractivity contribution in [2.24, 2.45) is 0 Å². The molecule has 2 aromatic rings. The van der Waals surface area contributed by atoms with Crippen molar-refractivity contribution >= 4 is 28.1 Å². The lowest BCUT2D eigenvalue weighted by Crippen LogP contribution is -2.06. The first kappa shape index (κ1) is 13.2. The van der Waals surface area contributed by atoms with Gasteiger partial charge in [-0.05, 0) is 17.7 Å². The van der Waals surface area contributed by atoms with Crippen molar-refractivity contribution in [2.75, 3.05) is 5.32 Å². The minimum Gasteiger partial charge on any atom is -0.357 e. The molecule has 0 fully saturated rings. The molecule has 18 heavy (non-hydrogen) atoms. The van der Waals surface area contributed by atoms with Gasteiger partial charge in [0.1, 0.15) is 5.15 Å².